The van der Waals surface area contributed by atoms with Crippen molar-refractivity contribution in [2.45, 2.75) is 38.8 Å². The molecule has 0 radical (unpaired) electrons. The highest BCUT2D eigenvalue weighted by molar-refractivity contribution is 7.89. The van der Waals surface area contributed by atoms with Gasteiger partial charge in [0.15, 0.2) is 0 Å². The summed E-state index contributed by atoms with van der Waals surface area (Å²) in [7, 11) is -3.14. The summed E-state index contributed by atoms with van der Waals surface area (Å²) >= 11 is 0. The molecular weight excluding hydrogens is 290 g/mol. The van der Waals surface area contributed by atoms with E-state index in [0.717, 1.165) is 18.4 Å². The number of sulfonamides is 1. The zero-order valence-corrected chi connectivity index (χ0v) is 13.3. The maximum absolute atomic E-state index is 12.4. The van der Waals surface area contributed by atoms with Crippen LogP contribution in [-0.4, -0.2) is 54.1 Å². The van der Waals surface area contributed by atoms with E-state index in [4.69, 9.17) is 4.74 Å². The average molecular weight is 313 g/mol. The van der Waals surface area contributed by atoms with Gasteiger partial charge in [0.05, 0.1) is 31.2 Å². The Bertz CT molecular complexity index is 580. The van der Waals surface area contributed by atoms with Crippen molar-refractivity contribution in [3.05, 3.63) is 18.0 Å². The maximum atomic E-state index is 12.4. The summed E-state index contributed by atoms with van der Waals surface area (Å²) in [5.41, 5.74) is 1.10. The van der Waals surface area contributed by atoms with E-state index in [-0.39, 0.29) is 6.10 Å². The third-order valence-corrected chi connectivity index (χ3v) is 6.33. The molecular formula is C14H23N3O3S. The fourth-order valence-corrected chi connectivity index (χ4v) is 4.78. The first kappa shape index (κ1) is 15.0. The number of hydrogen-bond donors (Lipinski definition) is 0. The van der Waals surface area contributed by atoms with Gasteiger partial charge in [-0.3, -0.25) is 4.68 Å². The van der Waals surface area contributed by atoms with Gasteiger partial charge in [-0.2, -0.15) is 9.40 Å². The molecule has 2 fully saturated rings. The fourth-order valence-electron chi connectivity index (χ4n) is 2.89. The molecule has 0 spiro atoms. The van der Waals surface area contributed by atoms with Crippen LogP contribution < -0.4 is 0 Å². The van der Waals surface area contributed by atoms with Crippen LogP contribution in [0.1, 0.15) is 24.8 Å². The molecule has 0 N–H and O–H groups in total. The monoisotopic (exact) mass is 313 g/mol. The summed E-state index contributed by atoms with van der Waals surface area (Å²) in [6, 6.07) is 0. The zero-order valence-electron chi connectivity index (χ0n) is 12.4. The molecule has 118 valence electrons. The summed E-state index contributed by atoms with van der Waals surface area (Å²) in [4.78, 5) is 0. The van der Waals surface area contributed by atoms with Crippen LogP contribution in [0.4, 0.5) is 0 Å². The topological polar surface area (TPSA) is 64.4 Å². The minimum atomic E-state index is -3.14. The van der Waals surface area contributed by atoms with Gasteiger partial charge < -0.3 is 4.74 Å². The van der Waals surface area contributed by atoms with Crippen molar-refractivity contribution in [1.82, 2.24) is 14.1 Å². The first-order valence-electron chi connectivity index (χ1n) is 7.61. The smallest absolute Gasteiger partial charge is 0.214 e. The molecule has 21 heavy (non-hydrogen) atoms. The molecule has 1 aliphatic carbocycles. The van der Waals surface area contributed by atoms with Crippen LogP contribution in [0.2, 0.25) is 0 Å². The summed E-state index contributed by atoms with van der Waals surface area (Å²) in [5, 5.41) is 4.24. The number of aromatic nitrogens is 2. The highest BCUT2D eigenvalue weighted by Crippen LogP contribution is 2.29. The zero-order chi connectivity index (χ0) is 14.9. The van der Waals surface area contributed by atoms with Gasteiger partial charge in [0.25, 0.3) is 0 Å². The number of morpholine rings is 1. The van der Waals surface area contributed by atoms with Crippen molar-refractivity contribution < 1.29 is 13.2 Å². The molecule has 1 atom stereocenters. The lowest BCUT2D eigenvalue weighted by atomic mass is 9.87. The first-order chi connectivity index (χ1) is 10.0. The van der Waals surface area contributed by atoms with Gasteiger partial charge in [0.1, 0.15) is 0 Å². The normalized spacial score (nSPS) is 24.9. The van der Waals surface area contributed by atoms with Gasteiger partial charge in [-0.1, -0.05) is 6.42 Å². The van der Waals surface area contributed by atoms with E-state index in [0.29, 0.717) is 37.9 Å². The average Bonchev–Trinajstić information content (AvgIpc) is 2.80. The molecule has 1 unspecified atom stereocenters. The molecule has 1 aliphatic heterocycles. The molecule has 7 heteroatoms. The predicted octanol–water partition coefficient (Wildman–Crippen LogP) is 1.02. The fraction of sp³-hybridized carbons (Fsp3) is 0.786. The SMILES string of the molecule is Cc1cnn(CC2CN(S(=O)(=O)CC3CCC3)CCO2)c1. The second kappa shape index (κ2) is 6.06. The molecule has 1 saturated heterocycles. The number of nitrogens with zero attached hydrogens (tertiary/aromatic N) is 3. The lowest BCUT2D eigenvalue weighted by Gasteiger charge is -2.34. The van der Waals surface area contributed by atoms with Crippen molar-refractivity contribution in [3.8, 4) is 0 Å². The third-order valence-electron chi connectivity index (χ3n) is 4.32. The first-order valence-corrected chi connectivity index (χ1v) is 9.22. The highest BCUT2D eigenvalue weighted by atomic mass is 32.2. The Hall–Kier alpha value is -0.920. The molecule has 2 heterocycles. The minimum Gasteiger partial charge on any atom is -0.374 e. The van der Waals surface area contributed by atoms with Crippen molar-refractivity contribution in [2.75, 3.05) is 25.4 Å². The van der Waals surface area contributed by atoms with E-state index in [9.17, 15) is 8.42 Å². The molecule has 0 aromatic carbocycles. The van der Waals surface area contributed by atoms with Crippen molar-refractivity contribution >= 4 is 10.0 Å². The standard InChI is InChI=1S/C14H23N3O3S/c1-12-7-15-16(8-12)9-14-10-17(5-6-20-14)21(18,19)11-13-3-2-4-13/h7-8,13-14H,2-6,9-11H2,1H3. The van der Waals surface area contributed by atoms with Gasteiger partial charge in [-0.05, 0) is 31.2 Å². The highest BCUT2D eigenvalue weighted by Gasteiger charge is 2.33. The predicted molar refractivity (Wildman–Crippen MR) is 79.4 cm³/mol. The molecule has 1 aromatic heterocycles. The minimum absolute atomic E-state index is 0.116. The molecule has 6 nitrogen and oxygen atoms in total. The second-order valence-electron chi connectivity index (χ2n) is 6.17. The van der Waals surface area contributed by atoms with Gasteiger partial charge in [-0.25, -0.2) is 8.42 Å². The van der Waals surface area contributed by atoms with Crippen LogP contribution in [0.15, 0.2) is 12.4 Å². The number of aryl methyl sites for hydroxylation is 1. The Balaban J connectivity index is 1.59. The van der Waals surface area contributed by atoms with Crippen LogP contribution >= 0.6 is 0 Å². The number of rotatable bonds is 5. The lowest BCUT2D eigenvalue weighted by molar-refractivity contribution is -0.0121. The van der Waals surface area contributed by atoms with E-state index in [1.165, 1.54) is 6.42 Å². The van der Waals surface area contributed by atoms with Gasteiger partial charge in [0.2, 0.25) is 10.0 Å². The molecule has 2 aliphatic rings. The van der Waals surface area contributed by atoms with E-state index < -0.39 is 10.0 Å². The summed E-state index contributed by atoms with van der Waals surface area (Å²) in [5.74, 6) is 0.672. The van der Waals surface area contributed by atoms with Crippen molar-refractivity contribution in [1.29, 1.82) is 0 Å². The quantitative estimate of drug-likeness (QED) is 0.814. The summed E-state index contributed by atoms with van der Waals surface area (Å²) in [6.07, 6.45) is 6.91. The van der Waals surface area contributed by atoms with Gasteiger partial charge in [-0.15, -0.1) is 0 Å². The van der Waals surface area contributed by atoms with E-state index in [1.807, 2.05) is 17.8 Å². The Morgan fingerprint density at radius 1 is 1.43 bits per heavy atom. The van der Waals surface area contributed by atoms with E-state index >= 15 is 0 Å². The summed E-state index contributed by atoms with van der Waals surface area (Å²) in [6.45, 7) is 3.97. The van der Waals surface area contributed by atoms with Crippen LogP contribution in [-0.2, 0) is 21.3 Å². The molecule has 1 aromatic rings. The Morgan fingerprint density at radius 2 is 2.24 bits per heavy atom. The number of ether oxygens (including phenoxy) is 1. The maximum Gasteiger partial charge on any atom is 0.214 e. The lowest BCUT2D eigenvalue weighted by Crippen LogP contribution is -2.48. The molecule has 3 rings (SSSR count). The molecule has 0 bridgehead atoms. The van der Waals surface area contributed by atoms with Crippen molar-refractivity contribution in [2.24, 2.45) is 5.92 Å². The van der Waals surface area contributed by atoms with E-state index in [1.54, 1.807) is 10.5 Å². The van der Waals surface area contributed by atoms with Crippen molar-refractivity contribution in [3.63, 3.8) is 0 Å². The van der Waals surface area contributed by atoms with Crippen LogP contribution in [0.25, 0.3) is 0 Å². The van der Waals surface area contributed by atoms with Gasteiger partial charge >= 0.3 is 0 Å². The van der Waals surface area contributed by atoms with Crippen LogP contribution in [0.3, 0.4) is 0 Å². The number of hydrogen-bond acceptors (Lipinski definition) is 4. The van der Waals surface area contributed by atoms with Crippen LogP contribution in [0.5, 0.6) is 0 Å². The molecule has 1 saturated carbocycles. The second-order valence-corrected chi connectivity index (χ2v) is 8.18. The Kier molecular flexibility index (Phi) is 4.33. The Morgan fingerprint density at radius 3 is 2.86 bits per heavy atom. The summed E-state index contributed by atoms with van der Waals surface area (Å²) < 4.78 is 34.0. The van der Waals surface area contributed by atoms with E-state index in [2.05, 4.69) is 5.10 Å². The van der Waals surface area contributed by atoms with Gasteiger partial charge in [0, 0.05) is 19.3 Å². The van der Waals surface area contributed by atoms with Crippen LogP contribution in [0, 0.1) is 12.8 Å². The Labute approximate surface area is 126 Å². The largest absolute Gasteiger partial charge is 0.374 e. The molecule has 0 amide bonds. The third kappa shape index (κ3) is 3.64.